The fraction of sp³-hybridized carbons (Fsp3) is 0.636. The van der Waals surface area contributed by atoms with Gasteiger partial charge in [0.15, 0.2) is 0 Å². The third-order valence-corrected chi connectivity index (χ3v) is 7.67. The summed E-state index contributed by atoms with van der Waals surface area (Å²) in [5, 5.41) is 0. The van der Waals surface area contributed by atoms with Gasteiger partial charge in [-0.05, 0) is 74.5 Å². The van der Waals surface area contributed by atoms with E-state index in [0.717, 1.165) is 37.5 Å². The Morgan fingerprint density at radius 1 is 0.870 bits per heavy atom. The predicted octanol–water partition coefficient (Wildman–Crippen LogP) is 5.41. The van der Waals surface area contributed by atoms with Gasteiger partial charge in [0.05, 0.1) is 0 Å². The number of nitrogens with two attached hydrogens (primary N) is 1. The Balaban J connectivity index is 2.20. The van der Waals surface area contributed by atoms with Crippen LogP contribution in [0.1, 0.15) is 51.4 Å². The number of rotatable bonds is 8. The lowest BCUT2D eigenvalue weighted by Gasteiger charge is -2.75. The highest BCUT2D eigenvalue weighted by molar-refractivity contribution is 5.27. The average Bonchev–Trinajstić information content (AvgIpc) is 2.49. The summed E-state index contributed by atoms with van der Waals surface area (Å²) in [6.07, 6.45) is 17.7. The molecular weight excluding hydrogens is 278 g/mol. The molecule has 5 unspecified atom stereocenters. The van der Waals surface area contributed by atoms with Crippen LogP contribution in [0.2, 0.25) is 0 Å². The Morgan fingerprint density at radius 3 is 2.09 bits per heavy atom. The molecule has 0 saturated heterocycles. The molecule has 0 aromatic heterocycles. The molecule has 4 bridgehead atoms. The molecule has 23 heavy (non-hydrogen) atoms. The molecule has 0 aliphatic heterocycles. The topological polar surface area (TPSA) is 26.0 Å². The molecule has 5 atom stereocenters. The normalized spacial score (nSPS) is 43.1. The SMILES string of the molecule is C=CCC1C2CC3CC(N)(C2)C(CC=C)(CC=C)C1(CC=C)C3. The van der Waals surface area contributed by atoms with Gasteiger partial charge in [0.2, 0.25) is 0 Å². The fourth-order valence-electron chi connectivity index (χ4n) is 7.35. The van der Waals surface area contributed by atoms with Gasteiger partial charge in [0.1, 0.15) is 0 Å². The lowest BCUT2D eigenvalue weighted by molar-refractivity contribution is -0.225. The molecule has 4 fully saturated rings. The van der Waals surface area contributed by atoms with Gasteiger partial charge in [0.25, 0.3) is 0 Å². The second-order valence-corrected chi connectivity index (χ2v) is 8.48. The number of hydrogen-bond donors (Lipinski definition) is 1. The molecule has 0 spiro atoms. The molecule has 4 rings (SSSR count). The number of allylic oxidation sites excluding steroid dienone is 4. The van der Waals surface area contributed by atoms with Crippen LogP contribution in [-0.2, 0) is 0 Å². The van der Waals surface area contributed by atoms with Crippen molar-refractivity contribution in [2.75, 3.05) is 0 Å². The van der Waals surface area contributed by atoms with Crippen molar-refractivity contribution in [1.82, 2.24) is 0 Å². The molecule has 2 N–H and O–H groups in total. The third-order valence-electron chi connectivity index (χ3n) is 7.67. The van der Waals surface area contributed by atoms with Crippen LogP contribution >= 0.6 is 0 Å². The first kappa shape index (κ1) is 16.8. The van der Waals surface area contributed by atoms with E-state index in [0.29, 0.717) is 5.92 Å². The lowest BCUT2D eigenvalue weighted by Crippen LogP contribution is -2.75. The first-order valence-electron chi connectivity index (χ1n) is 9.25. The zero-order valence-electron chi connectivity index (χ0n) is 14.6. The molecule has 1 heteroatoms. The summed E-state index contributed by atoms with van der Waals surface area (Å²) < 4.78 is 0. The van der Waals surface area contributed by atoms with Crippen molar-refractivity contribution in [3.8, 4) is 0 Å². The summed E-state index contributed by atoms with van der Waals surface area (Å²) >= 11 is 0. The quantitative estimate of drug-likeness (QED) is 0.596. The van der Waals surface area contributed by atoms with E-state index in [9.17, 15) is 0 Å². The molecule has 4 saturated carbocycles. The minimum absolute atomic E-state index is 0.0676. The molecule has 1 nitrogen and oxygen atoms in total. The fourth-order valence-corrected chi connectivity index (χ4v) is 7.35. The van der Waals surface area contributed by atoms with Crippen molar-refractivity contribution in [3.05, 3.63) is 50.6 Å². The highest BCUT2D eigenvalue weighted by Crippen LogP contribution is 2.75. The predicted molar refractivity (Wildman–Crippen MR) is 100.0 cm³/mol. The van der Waals surface area contributed by atoms with E-state index in [2.05, 4.69) is 50.6 Å². The highest BCUT2D eigenvalue weighted by Gasteiger charge is 2.71. The minimum Gasteiger partial charge on any atom is -0.325 e. The monoisotopic (exact) mass is 311 g/mol. The van der Waals surface area contributed by atoms with Crippen LogP contribution in [0.5, 0.6) is 0 Å². The minimum atomic E-state index is -0.0676. The van der Waals surface area contributed by atoms with E-state index >= 15 is 0 Å². The van der Waals surface area contributed by atoms with Gasteiger partial charge < -0.3 is 5.73 Å². The molecule has 0 heterocycles. The zero-order chi connectivity index (χ0) is 16.7. The van der Waals surface area contributed by atoms with Crippen LogP contribution in [0, 0.1) is 28.6 Å². The highest BCUT2D eigenvalue weighted by atomic mass is 14.9. The van der Waals surface area contributed by atoms with Crippen LogP contribution in [0.15, 0.2) is 50.6 Å². The van der Waals surface area contributed by atoms with Gasteiger partial charge in [-0.2, -0.15) is 0 Å². The van der Waals surface area contributed by atoms with Crippen LogP contribution in [0.4, 0.5) is 0 Å². The molecule has 4 aliphatic carbocycles. The van der Waals surface area contributed by atoms with Gasteiger partial charge in [-0.25, -0.2) is 0 Å². The largest absolute Gasteiger partial charge is 0.325 e. The Bertz CT molecular complexity index is 508. The standard InChI is InChI=1S/C22H33N/c1-5-9-19-18-13-17-14-20(19,10-6-2)21(11-7-3,12-8-4)22(23,15-17)16-18/h5-8,17-19H,1-4,9-16,23H2. The first-order chi connectivity index (χ1) is 11.0. The van der Waals surface area contributed by atoms with Gasteiger partial charge in [-0.15, -0.1) is 26.3 Å². The summed E-state index contributed by atoms with van der Waals surface area (Å²) in [5.74, 6) is 2.24. The Hall–Kier alpha value is -1.08. The van der Waals surface area contributed by atoms with Gasteiger partial charge in [-0.1, -0.05) is 24.3 Å². The van der Waals surface area contributed by atoms with E-state index < -0.39 is 0 Å². The summed E-state index contributed by atoms with van der Waals surface area (Å²) in [7, 11) is 0. The maximum absolute atomic E-state index is 7.19. The molecule has 0 radical (unpaired) electrons. The van der Waals surface area contributed by atoms with Crippen molar-refractivity contribution in [2.24, 2.45) is 34.3 Å². The second kappa shape index (κ2) is 5.77. The van der Waals surface area contributed by atoms with Crippen molar-refractivity contribution >= 4 is 0 Å². The lowest BCUT2D eigenvalue weighted by atomic mass is 9.31. The molecule has 0 aromatic carbocycles. The van der Waals surface area contributed by atoms with Gasteiger partial charge in [-0.3, -0.25) is 0 Å². The third kappa shape index (κ3) is 2.02. The summed E-state index contributed by atoms with van der Waals surface area (Å²) in [5.41, 5.74) is 7.45. The van der Waals surface area contributed by atoms with Gasteiger partial charge >= 0.3 is 0 Å². The van der Waals surface area contributed by atoms with E-state index in [-0.39, 0.29) is 16.4 Å². The van der Waals surface area contributed by atoms with Crippen LogP contribution in [0.25, 0.3) is 0 Å². The average molecular weight is 312 g/mol. The van der Waals surface area contributed by atoms with Crippen molar-refractivity contribution < 1.29 is 0 Å². The Labute approximate surface area is 142 Å². The van der Waals surface area contributed by atoms with Crippen molar-refractivity contribution in [3.63, 3.8) is 0 Å². The van der Waals surface area contributed by atoms with E-state index in [1.165, 1.54) is 25.7 Å². The van der Waals surface area contributed by atoms with E-state index in [1.54, 1.807) is 0 Å². The molecule has 0 aromatic rings. The Morgan fingerprint density at radius 2 is 1.52 bits per heavy atom. The summed E-state index contributed by atoms with van der Waals surface area (Å²) in [6, 6.07) is 0. The van der Waals surface area contributed by atoms with Crippen LogP contribution in [-0.4, -0.2) is 5.54 Å². The second-order valence-electron chi connectivity index (χ2n) is 8.48. The van der Waals surface area contributed by atoms with E-state index in [1.807, 2.05) is 0 Å². The first-order valence-corrected chi connectivity index (χ1v) is 9.25. The zero-order valence-corrected chi connectivity index (χ0v) is 14.6. The molecular formula is C22H33N. The smallest absolute Gasteiger partial charge is 0.0228 e. The Kier molecular flexibility index (Phi) is 4.21. The maximum Gasteiger partial charge on any atom is 0.0228 e. The van der Waals surface area contributed by atoms with Crippen molar-refractivity contribution in [1.29, 1.82) is 0 Å². The molecule has 4 aliphatic rings. The van der Waals surface area contributed by atoms with Gasteiger partial charge in [0, 0.05) is 11.0 Å². The maximum atomic E-state index is 7.19. The van der Waals surface area contributed by atoms with Crippen LogP contribution < -0.4 is 5.73 Å². The van der Waals surface area contributed by atoms with E-state index in [4.69, 9.17) is 5.73 Å². The van der Waals surface area contributed by atoms with Crippen molar-refractivity contribution in [2.45, 2.75) is 56.9 Å². The van der Waals surface area contributed by atoms with Crippen LogP contribution in [0.3, 0.4) is 0 Å². The summed E-state index contributed by atoms with van der Waals surface area (Å²) in [6.45, 7) is 16.4. The summed E-state index contributed by atoms with van der Waals surface area (Å²) in [4.78, 5) is 0. The molecule has 126 valence electrons. The number of hydrogen-bond acceptors (Lipinski definition) is 1. The molecule has 0 amide bonds.